The van der Waals surface area contributed by atoms with E-state index in [2.05, 4.69) is 9.97 Å². The molecule has 0 atom stereocenters. The molecule has 17 heavy (non-hydrogen) atoms. The fourth-order valence-electron chi connectivity index (χ4n) is 1.88. The van der Waals surface area contributed by atoms with Crippen molar-refractivity contribution in [3.05, 3.63) is 30.3 Å². The first kappa shape index (κ1) is 10.1. The van der Waals surface area contributed by atoms with Crippen LogP contribution in [0.4, 0.5) is 0 Å². The number of aromatic hydroxyl groups is 1. The van der Waals surface area contributed by atoms with Crippen molar-refractivity contribution in [1.29, 1.82) is 0 Å². The van der Waals surface area contributed by atoms with E-state index in [1.54, 1.807) is 12.3 Å². The summed E-state index contributed by atoms with van der Waals surface area (Å²) in [6.45, 7) is 4.04. The van der Waals surface area contributed by atoms with E-state index < -0.39 is 0 Å². The zero-order chi connectivity index (χ0) is 12.0. The molecule has 3 rings (SSSR count). The van der Waals surface area contributed by atoms with Crippen molar-refractivity contribution in [2.45, 2.75) is 19.8 Å². The predicted molar refractivity (Wildman–Crippen MR) is 65.1 cm³/mol. The van der Waals surface area contributed by atoms with Gasteiger partial charge >= 0.3 is 0 Å². The van der Waals surface area contributed by atoms with Crippen molar-refractivity contribution in [3.8, 4) is 5.75 Å². The minimum Gasteiger partial charge on any atom is -0.506 e. The van der Waals surface area contributed by atoms with Gasteiger partial charge in [0.1, 0.15) is 16.8 Å². The molecule has 0 saturated carbocycles. The van der Waals surface area contributed by atoms with Crippen LogP contribution >= 0.6 is 0 Å². The Morgan fingerprint density at radius 2 is 2.18 bits per heavy atom. The van der Waals surface area contributed by atoms with Gasteiger partial charge in [-0.1, -0.05) is 13.8 Å². The average molecular weight is 228 g/mol. The van der Waals surface area contributed by atoms with Crippen LogP contribution in [0.1, 0.15) is 25.7 Å². The second kappa shape index (κ2) is 3.45. The molecule has 3 aromatic rings. The van der Waals surface area contributed by atoms with Gasteiger partial charge in [0, 0.05) is 23.6 Å². The summed E-state index contributed by atoms with van der Waals surface area (Å²) in [4.78, 5) is 8.52. The molecule has 0 fully saturated rings. The molecule has 4 nitrogen and oxygen atoms in total. The Balaban J connectivity index is 2.46. The Hall–Kier alpha value is -2.10. The van der Waals surface area contributed by atoms with Crippen LogP contribution in [0.3, 0.4) is 0 Å². The lowest BCUT2D eigenvalue weighted by atomic mass is 10.2. The average Bonchev–Trinajstić information content (AvgIpc) is 2.73. The molecular formula is C13H12N2O2. The minimum atomic E-state index is 0.136. The number of nitrogens with zero attached hydrogens (tertiary/aromatic N) is 2. The standard InChI is InChI=1S/C13H12N2O2/c1-7(2)13-15-9-6-10(16)11-8(12(9)17-13)4-3-5-14-11/h3-7,16H,1-2H3. The second-order valence-corrected chi connectivity index (χ2v) is 4.35. The molecule has 0 saturated heterocycles. The van der Waals surface area contributed by atoms with Gasteiger partial charge in [-0.3, -0.25) is 4.98 Å². The van der Waals surface area contributed by atoms with Crippen LogP contribution in [0.25, 0.3) is 22.0 Å². The highest BCUT2D eigenvalue weighted by atomic mass is 16.3. The number of aromatic nitrogens is 2. The maximum atomic E-state index is 9.87. The topological polar surface area (TPSA) is 59.2 Å². The van der Waals surface area contributed by atoms with E-state index in [0.29, 0.717) is 22.5 Å². The van der Waals surface area contributed by atoms with Crippen molar-refractivity contribution in [3.63, 3.8) is 0 Å². The smallest absolute Gasteiger partial charge is 0.198 e. The van der Waals surface area contributed by atoms with Crippen LogP contribution in [-0.4, -0.2) is 15.1 Å². The van der Waals surface area contributed by atoms with Gasteiger partial charge in [-0.05, 0) is 12.1 Å². The molecule has 0 aliphatic carbocycles. The van der Waals surface area contributed by atoms with Gasteiger partial charge in [0.2, 0.25) is 0 Å². The van der Waals surface area contributed by atoms with Crippen molar-refractivity contribution in [2.75, 3.05) is 0 Å². The van der Waals surface area contributed by atoms with Crippen LogP contribution in [0.15, 0.2) is 28.8 Å². The Morgan fingerprint density at radius 1 is 1.35 bits per heavy atom. The largest absolute Gasteiger partial charge is 0.506 e. The van der Waals surface area contributed by atoms with E-state index in [9.17, 15) is 5.11 Å². The summed E-state index contributed by atoms with van der Waals surface area (Å²) in [5.74, 6) is 1.03. The number of oxazole rings is 1. The highest BCUT2D eigenvalue weighted by Crippen LogP contribution is 2.32. The van der Waals surface area contributed by atoms with Crippen molar-refractivity contribution < 1.29 is 9.52 Å². The number of hydrogen-bond donors (Lipinski definition) is 1. The first-order valence-electron chi connectivity index (χ1n) is 5.54. The highest BCUT2D eigenvalue weighted by Gasteiger charge is 2.14. The van der Waals surface area contributed by atoms with Gasteiger partial charge in [-0.15, -0.1) is 0 Å². The molecule has 4 heteroatoms. The Kier molecular flexibility index (Phi) is 2.04. The molecule has 0 spiro atoms. The predicted octanol–water partition coefficient (Wildman–Crippen LogP) is 3.21. The number of fused-ring (bicyclic) bond motifs is 3. The number of pyridine rings is 1. The van der Waals surface area contributed by atoms with Gasteiger partial charge in [0.25, 0.3) is 0 Å². The van der Waals surface area contributed by atoms with Crippen LogP contribution in [0.2, 0.25) is 0 Å². The van der Waals surface area contributed by atoms with Crippen LogP contribution < -0.4 is 0 Å². The number of phenols is 1. The fourth-order valence-corrected chi connectivity index (χ4v) is 1.88. The van der Waals surface area contributed by atoms with Gasteiger partial charge < -0.3 is 9.52 Å². The Morgan fingerprint density at radius 3 is 2.94 bits per heavy atom. The van der Waals surface area contributed by atoms with E-state index >= 15 is 0 Å². The molecule has 2 aromatic heterocycles. The molecular weight excluding hydrogens is 216 g/mol. The zero-order valence-electron chi connectivity index (χ0n) is 9.64. The number of rotatable bonds is 1. The third kappa shape index (κ3) is 1.45. The van der Waals surface area contributed by atoms with Gasteiger partial charge in [0.05, 0.1) is 0 Å². The highest BCUT2D eigenvalue weighted by molar-refractivity contribution is 6.04. The van der Waals surface area contributed by atoms with Crippen LogP contribution in [0.5, 0.6) is 5.75 Å². The normalized spacial score (nSPS) is 11.7. The van der Waals surface area contributed by atoms with Crippen LogP contribution in [0, 0.1) is 0 Å². The van der Waals surface area contributed by atoms with Crippen molar-refractivity contribution in [2.24, 2.45) is 0 Å². The second-order valence-electron chi connectivity index (χ2n) is 4.35. The number of benzene rings is 1. The lowest BCUT2D eigenvalue weighted by Gasteiger charge is -1.99. The third-order valence-electron chi connectivity index (χ3n) is 2.73. The molecule has 0 aliphatic rings. The summed E-state index contributed by atoms with van der Waals surface area (Å²) >= 11 is 0. The number of phenolic OH excluding ortho intramolecular Hbond substituents is 1. The monoisotopic (exact) mass is 228 g/mol. The zero-order valence-corrected chi connectivity index (χ0v) is 9.64. The molecule has 0 amide bonds. The summed E-state index contributed by atoms with van der Waals surface area (Å²) in [6.07, 6.45) is 1.65. The summed E-state index contributed by atoms with van der Waals surface area (Å²) < 4.78 is 5.74. The summed E-state index contributed by atoms with van der Waals surface area (Å²) in [7, 11) is 0. The van der Waals surface area contributed by atoms with E-state index in [4.69, 9.17) is 4.42 Å². The van der Waals surface area contributed by atoms with Gasteiger partial charge in [-0.25, -0.2) is 4.98 Å². The van der Waals surface area contributed by atoms with Gasteiger partial charge in [0.15, 0.2) is 11.5 Å². The maximum absolute atomic E-state index is 9.87. The van der Waals surface area contributed by atoms with E-state index in [-0.39, 0.29) is 11.7 Å². The van der Waals surface area contributed by atoms with Crippen molar-refractivity contribution >= 4 is 22.0 Å². The SMILES string of the molecule is CC(C)c1nc2cc(O)c3ncccc3c2o1. The molecule has 1 aromatic carbocycles. The molecule has 0 aliphatic heterocycles. The molecule has 0 unspecified atom stereocenters. The maximum Gasteiger partial charge on any atom is 0.198 e. The van der Waals surface area contributed by atoms with E-state index in [0.717, 1.165) is 5.39 Å². The Bertz CT molecular complexity index is 701. The molecule has 86 valence electrons. The minimum absolute atomic E-state index is 0.136. The first-order chi connectivity index (χ1) is 8.16. The van der Waals surface area contributed by atoms with E-state index in [1.165, 1.54) is 0 Å². The van der Waals surface area contributed by atoms with Crippen molar-refractivity contribution in [1.82, 2.24) is 9.97 Å². The summed E-state index contributed by atoms with van der Waals surface area (Å²) in [6, 6.07) is 5.29. The summed E-state index contributed by atoms with van der Waals surface area (Å²) in [5.41, 5.74) is 1.91. The lowest BCUT2D eigenvalue weighted by Crippen LogP contribution is -1.84. The quantitative estimate of drug-likeness (QED) is 0.694. The lowest BCUT2D eigenvalue weighted by molar-refractivity contribution is 0.480. The number of hydrogen-bond acceptors (Lipinski definition) is 4. The Labute approximate surface area is 97.9 Å². The molecule has 2 heterocycles. The van der Waals surface area contributed by atoms with Crippen LogP contribution in [-0.2, 0) is 0 Å². The fraction of sp³-hybridized carbons (Fsp3) is 0.231. The summed E-state index contributed by atoms with van der Waals surface area (Å²) in [5, 5.41) is 10.7. The molecule has 1 N–H and O–H groups in total. The van der Waals surface area contributed by atoms with E-state index in [1.807, 2.05) is 26.0 Å². The van der Waals surface area contributed by atoms with Gasteiger partial charge in [-0.2, -0.15) is 0 Å². The first-order valence-corrected chi connectivity index (χ1v) is 5.54. The third-order valence-corrected chi connectivity index (χ3v) is 2.73. The molecule has 0 bridgehead atoms. The molecule has 0 radical (unpaired) electrons.